The van der Waals surface area contributed by atoms with E-state index in [0.29, 0.717) is 18.6 Å². The molecule has 0 aromatic heterocycles. The Hall–Kier alpha value is -2.04. The number of fused-ring (bicyclic) bond motifs is 1. The molecule has 5 nitrogen and oxygen atoms in total. The number of carbonyl (C=O) groups is 2. The van der Waals surface area contributed by atoms with Gasteiger partial charge in [-0.1, -0.05) is 0 Å². The number of benzene rings is 1. The molecule has 1 N–H and O–H groups in total. The number of esters is 1. The van der Waals surface area contributed by atoms with E-state index in [1.54, 1.807) is 0 Å². The Morgan fingerprint density at radius 2 is 1.86 bits per heavy atom. The molecule has 2 rings (SSSR count). The molecular weight excluding hydrogens is 284 g/mol. The third-order valence-corrected chi connectivity index (χ3v) is 4.33. The molecule has 0 amide bonds. The lowest BCUT2D eigenvalue weighted by Gasteiger charge is -2.37. The van der Waals surface area contributed by atoms with E-state index in [2.05, 4.69) is 0 Å². The highest BCUT2D eigenvalue weighted by atomic mass is 16.5. The molecule has 1 aliphatic heterocycles. The Balaban J connectivity index is 2.50. The van der Waals surface area contributed by atoms with Crippen LogP contribution in [0.1, 0.15) is 48.9 Å². The Morgan fingerprint density at radius 3 is 2.41 bits per heavy atom. The molecule has 1 aromatic rings. The van der Waals surface area contributed by atoms with Gasteiger partial charge >= 0.3 is 11.9 Å². The standard InChI is InChI=1S/C17H22O5/c1-9-10(2)16-13(11(3)15(9)21-12(4)18)6-7-17(5,22-16)8-14(19)20/h6-8H2,1-5H3,(H,19,20)/t17-/m1/s1. The highest BCUT2D eigenvalue weighted by molar-refractivity contribution is 5.72. The summed E-state index contributed by atoms with van der Waals surface area (Å²) in [4.78, 5) is 22.3. The minimum absolute atomic E-state index is 0.0321. The number of rotatable bonds is 3. The zero-order valence-corrected chi connectivity index (χ0v) is 13.7. The molecule has 0 fully saturated rings. The van der Waals surface area contributed by atoms with Crippen molar-refractivity contribution in [3.8, 4) is 11.5 Å². The third kappa shape index (κ3) is 2.93. The molecule has 0 radical (unpaired) electrons. The largest absolute Gasteiger partial charge is 0.486 e. The predicted octanol–water partition coefficient (Wildman–Crippen LogP) is 3.10. The monoisotopic (exact) mass is 306 g/mol. The van der Waals surface area contributed by atoms with E-state index in [0.717, 1.165) is 28.0 Å². The third-order valence-electron chi connectivity index (χ3n) is 4.33. The fourth-order valence-corrected chi connectivity index (χ4v) is 3.02. The molecule has 0 spiro atoms. The van der Waals surface area contributed by atoms with Crippen molar-refractivity contribution < 1.29 is 24.2 Å². The second kappa shape index (κ2) is 5.63. The van der Waals surface area contributed by atoms with Crippen molar-refractivity contribution in [2.75, 3.05) is 0 Å². The molecule has 120 valence electrons. The molecular formula is C17H22O5. The van der Waals surface area contributed by atoms with Crippen LogP contribution in [0.3, 0.4) is 0 Å². The zero-order valence-electron chi connectivity index (χ0n) is 13.7. The Kier molecular flexibility index (Phi) is 4.18. The lowest BCUT2D eigenvalue weighted by molar-refractivity contribution is -0.141. The van der Waals surface area contributed by atoms with Crippen molar-refractivity contribution in [1.29, 1.82) is 0 Å². The number of aliphatic carboxylic acids is 1. The van der Waals surface area contributed by atoms with Crippen LogP contribution in [0.15, 0.2) is 0 Å². The summed E-state index contributed by atoms with van der Waals surface area (Å²) >= 11 is 0. The lowest BCUT2D eigenvalue weighted by atomic mass is 9.85. The van der Waals surface area contributed by atoms with Gasteiger partial charge in [0.25, 0.3) is 0 Å². The Bertz CT molecular complexity index is 647. The van der Waals surface area contributed by atoms with Gasteiger partial charge in [-0.05, 0) is 57.2 Å². The average molecular weight is 306 g/mol. The molecule has 0 saturated carbocycles. The number of carbonyl (C=O) groups excluding carboxylic acids is 1. The number of ether oxygens (including phenoxy) is 2. The maximum Gasteiger partial charge on any atom is 0.308 e. The summed E-state index contributed by atoms with van der Waals surface area (Å²) in [7, 11) is 0. The van der Waals surface area contributed by atoms with Crippen molar-refractivity contribution >= 4 is 11.9 Å². The maximum absolute atomic E-state index is 11.3. The van der Waals surface area contributed by atoms with E-state index >= 15 is 0 Å². The predicted molar refractivity (Wildman–Crippen MR) is 81.6 cm³/mol. The van der Waals surface area contributed by atoms with Crippen molar-refractivity contribution in [3.63, 3.8) is 0 Å². The Morgan fingerprint density at radius 1 is 1.23 bits per heavy atom. The molecule has 0 unspecified atom stereocenters. The summed E-state index contributed by atoms with van der Waals surface area (Å²) < 4.78 is 11.4. The summed E-state index contributed by atoms with van der Waals surface area (Å²) in [6, 6.07) is 0. The number of hydrogen-bond acceptors (Lipinski definition) is 4. The second-order valence-corrected chi connectivity index (χ2v) is 6.23. The van der Waals surface area contributed by atoms with Crippen LogP contribution in [0, 0.1) is 20.8 Å². The fraction of sp³-hybridized carbons (Fsp3) is 0.529. The van der Waals surface area contributed by atoms with Crippen molar-refractivity contribution in [2.45, 2.75) is 59.5 Å². The van der Waals surface area contributed by atoms with Gasteiger partial charge < -0.3 is 14.6 Å². The molecule has 1 heterocycles. The summed E-state index contributed by atoms with van der Waals surface area (Å²) in [5, 5.41) is 9.06. The molecule has 1 aliphatic rings. The zero-order chi connectivity index (χ0) is 16.7. The number of carboxylic acids is 1. The van der Waals surface area contributed by atoms with Crippen LogP contribution in [-0.2, 0) is 16.0 Å². The maximum atomic E-state index is 11.3. The number of hydrogen-bond donors (Lipinski definition) is 1. The molecule has 5 heteroatoms. The quantitative estimate of drug-likeness (QED) is 0.686. The molecule has 0 saturated heterocycles. The van der Waals surface area contributed by atoms with Crippen LogP contribution in [0.4, 0.5) is 0 Å². The van der Waals surface area contributed by atoms with Gasteiger partial charge in [0.15, 0.2) is 0 Å². The van der Waals surface area contributed by atoms with Gasteiger partial charge in [0.05, 0.1) is 6.42 Å². The molecule has 0 bridgehead atoms. The highest BCUT2D eigenvalue weighted by Crippen LogP contribution is 2.44. The average Bonchev–Trinajstić information content (AvgIpc) is 2.39. The van der Waals surface area contributed by atoms with E-state index in [1.807, 2.05) is 27.7 Å². The lowest BCUT2D eigenvalue weighted by Crippen LogP contribution is -2.39. The summed E-state index contributed by atoms with van der Waals surface area (Å²) in [5.41, 5.74) is 2.94. The van der Waals surface area contributed by atoms with Gasteiger partial charge in [0, 0.05) is 12.5 Å². The molecule has 1 aromatic carbocycles. The highest BCUT2D eigenvalue weighted by Gasteiger charge is 2.36. The van der Waals surface area contributed by atoms with Crippen LogP contribution in [-0.4, -0.2) is 22.6 Å². The normalized spacial score (nSPS) is 20.0. The van der Waals surface area contributed by atoms with Gasteiger partial charge in [-0.15, -0.1) is 0 Å². The summed E-state index contributed by atoms with van der Waals surface area (Å²) in [6.07, 6.45) is 1.30. The van der Waals surface area contributed by atoms with Crippen LogP contribution in [0.5, 0.6) is 11.5 Å². The summed E-state index contributed by atoms with van der Waals surface area (Å²) in [5.74, 6) is 0.113. The van der Waals surface area contributed by atoms with E-state index in [-0.39, 0.29) is 12.4 Å². The van der Waals surface area contributed by atoms with Crippen LogP contribution in [0.25, 0.3) is 0 Å². The van der Waals surface area contributed by atoms with Gasteiger partial charge in [0.2, 0.25) is 0 Å². The minimum Gasteiger partial charge on any atom is -0.486 e. The first-order chi connectivity index (χ1) is 10.1. The van der Waals surface area contributed by atoms with Gasteiger partial charge in [-0.3, -0.25) is 9.59 Å². The van der Waals surface area contributed by atoms with Crippen molar-refractivity contribution in [3.05, 3.63) is 22.3 Å². The van der Waals surface area contributed by atoms with Crippen LogP contribution >= 0.6 is 0 Å². The first-order valence-corrected chi connectivity index (χ1v) is 7.36. The minimum atomic E-state index is -0.867. The molecule has 0 aliphatic carbocycles. The summed E-state index contributed by atoms with van der Waals surface area (Å²) in [6.45, 7) is 8.91. The first kappa shape index (κ1) is 16.3. The van der Waals surface area contributed by atoms with E-state index in [4.69, 9.17) is 14.6 Å². The fourth-order valence-electron chi connectivity index (χ4n) is 3.02. The van der Waals surface area contributed by atoms with Crippen molar-refractivity contribution in [2.24, 2.45) is 0 Å². The topological polar surface area (TPSA) is 72.8 Å². The first-order valence-electron chi connectivity index (χ1n) is 7.36. The van der Waals surface area contributed by atoms with E-state index in [1.165, 1.54) is 6.92 Å². The smallest absolute Gasteiger partial charge is 0.308 e. The van der Waals surface area contributed by atoms with Gasteiger partial charge in [-0.25, -0.2) is 0 Å². The van der Waals surface area contributed by atoms with Gasteiger partial charge in [-0.2, -0.15) is 0 Å². The van der Waals surface area contributed by atoms with Crippen molar-refractivity contribution in [1.82, 2.24) is 0 Å². The number of carboxylic acid groups (broad SMARTS) is 1. The SMILES string of the molecule is CC(=O)Oc1c(C)c(C)c2c(c1C)CC[C@](C)(CC(=O)O)O2. The second-order valence-electron chi connectivity index (χ2n) is 6.23. The van der Waals surface area contributed by atoms with Crippen LogP contribution < -0.4 is 9.47 Å². The van der Waals surface area contributed by atoms with Crippen LogP contribution in [0.2, 0.25) is 0 Å². The van der Waals surface area contributed by atoms with E-state index in [9.17, 15) is 9.59 Å². The molecule has 1 atom stereocenters. The Labute approximate surface area is 130 Å². The van der Waals surface area contributed by atoms with Gasteiger partial charge in [0.1, 0.15) is 17.1 Å². The van der Waals surface area contributed by atoms with E-state index < -0.39 is 11.6 Å². The molecule has 22 heavy (non-hydrogen) atoms.